The van der Waals surface area contributed by atoms with Crippen LogP contribution in [0, 0.1) is 13.8 Å². The van der Waals surface area contributed by atoms with Gasteiger partial charge < -0.3 is 14.2 Å². The Hall–Kier alpha value is -2.70. The third-order valence-electron chi connectivity index (χ3n) is 6.72. The van der Waals surface area contributed by atoms with Crippen LogP contribution in [0.1, 0.15) is 29.3 Å². The standard InChI is InChI=1S/C25H30N4O2/c1-18-7-8-21(15-19(18)2)29-17-20(16-24(29)30)25-26-22-5-3-4-6-23(22)28(25)10-9-27-11-13-31-14-12-27/h3-8,15,20H,9-14,16-17H2,1-2H3/t20-/m0/s1. The first-order valence-corrected chi connectivity index (χ1v) is 11.2. The van der Waals surface area contributed by atoms with Crippen LogP contribution >= 0.6 is 0 Å². The highest BCUT2D eigenvalue weighted by atomic mass is 16.5. The van der Waals surface area contributed by atoms with Crippen LogP contribution < -0.4 is 4.90 Å². The number of carbonyl (C=O) groups excluding carboxylic acids is 1. The van der Waals surface area contributed by atoms with Crippen LogP contribution in [0.4, 0.5) is 5.69 Å². The number of nitrogens with zero attached hydrogens (tertiary/aromatic N) is 4. The maximum absolute atomic E-state index is 13.0. The molecule has 3 aromatic rings. The molecular formula is C25H30N4O2. The Morgan fingerprint density at radius 2 is 1.84 bits per heavy atom. The molecule has 1 amide bonds. The van der Waals surface area contributed by atoms with E-state index < -0.39 is 0 Å². The number of carbonyl (C=O) groups is 1. The van der Waals surface area contributed by atoms with Crippen molar-refractivity contribution in [1.82, 2.24) is 14.5 Å². The highest BCUT2D eigenvalue weighted by Crippen LogP contribution is 2.33. The second-order valence-corrected chi connectivity index (χ2v) is 8.74. The summed E-state index contributed by atoms with van der Waals surface area (Å²) in [6.07, 6.45) is 0.508. The monoisotopic (exact) mass is 418 g/mol. The third-order valence-corrected chi connectivity index (χ3v) is 6.72. The molecule has 2 aliphatic rings. The first-order valence-electron chi connectivity index (χ1n) is 11.2. The average molecular weight is 419 g/mol. The number of rotatable bonds is 5. The Labute approximate surface area is 183 Å². The number of morpholine rings is 1. The van der Waals surface area contributed by atoms with Gasteiger partial charge in [-0.15, -0.1) is 0 Å². The molecule has 0 unspecified atom stereocenters. The first kappa shape index (κ1) is 20.2. The van der Waals surface area contributed by atoms with Crippen molar-refractivity contribution in [3.05, 3.63) is 59.4 Å². The van der Waals surface area contributed by atoms with E-state index in [1.54, 1.807) is 0 Å². The minimum atomic E-state index is 0.103. The van der Waals surface area contributed by atoms with Crippen LogP contribution in [0.15, 0.2) is 42.5 Å². The van der Waals surface area contributed by atoms with Crippen LogP contribution in [-0.2, 0) is 16.1 Å². The summed E-state index contributed by atoms with van der Waals surface area (Å²) in [6, 6.07) is 14.6. The lowest BCUT2D eigenvalue weighted by atomic mass is 10.1. The van der Waals surface area contributed by atoms with Crippen molar-refractivity contribution in [2.24, 2.45) is 0 Å². The fourth-order valence-electron chi connectivity index (χ4n) is 4.73. The van der Waals surface area contributed by atoms with E-state index in [0.29, 0.717) is 13.0 Å². The third kappa shape index (κ3) is 3.98. The zero-order valence-corrected chi connectivity index (χ0v) is 18.4. The molecule has 0 aliphatic carbocycles. The van der Waals surface area contributed by atoms with Crippen LogP contribution in [0.3, 0.4) is 0 Å². The van der Waals surface area contributed by atoms with Gasteiger partial charge in [-0.2, -0.15) is 0 Å². The van der Waals surface area contributed by atoms with Crippen molar-refractivity contribution < 1.29 is 9.53 Å². The van der Waals surface area contributed by atoms with Crippen molar-refractivity contribution in [3.63, 3.8) is 0 Å². The van der Waals surface area contributed by atoms with Gasteiger partial charge >= 0.3 is 0 Å². The van der Waals surface area contributed by atoms with Gasteiger partial charge in [0.2, 0.25) is 5.91 Å². The van der Waals surface area contributed by atoms with Gasteiger partial charge in [-0.3, -0.25) is 9.69 Å². The number of anilines is 1. The molecule has 1 aromatic heterocycles. The summed E-state index contributed by atoms with van der Waals surface area (Å²) >= 11 is 0. The molecule has 31 heavy (non-hydrogen) atoms. The molecule has 3 heterocycles. The van der Waals surface area contributed by atoms with Gasteiger partial charge in [-0.25, -0.2) is 4.98 Å². The van der Waals surface area contributed by atoms with Gasteiger partial charge in [0, 0.05) is 50.7 Å². The summed E-state index contributed by atoms with van der Waals surface area (Å²) in [7, 11) is 0. The summed E-state index contributed by atoms with van der Waals surface area (Å²) in [5.74, 6) is 1.32. The maximum Gasteiger partial charge on any atom is 0.227 e. The molecule has 2 saturated heterocycles. The summed E-state index contributed by atoms with van der Waals surface area (Å²) in [6.45, 7) is 10.3. The number of hydrogen-bond acceptors (Lipinski definition) is 4. The number of para-hydroxylation sites is 2. The smallest absolute Gasteiger partial charge is 0.227 e. The number of aryl methyl sites for hydroxylation is 2. The molecule has 6 heteroatoms. The number of hydrogen-bond donors (Lipinski definition) is 0. The van der Waals surface area contributed by atoms with Gasteiger partial charge in [0.1, 0.15) is 5.82 Å². The Morgan fingerprint density at radius 1 is 1.03 bits per heavy atom. The molecule has 0 saturated carbocycles. The molecule has 2 aromatic carbocycles. The highest BCUT2D eigenvalue weighted by Gasteiger charge is 2.35. The van der Waals surface area contributed by atoms with E-state index >= 15 is 0 Å². The molecule has 162 valence electrons. The number of benzene rings is 2. The predicted octanol–water partition coefficient (Wildman–Crippen LogP) is 3.51. The van der Waals surface area contributed by atoms with E-state index in [2.05, 4.69) is 59.7 Å². The van der Waals surface area contributed by atoms with Crippen molar-refractivity contribution in [1.29, 1.82) is 0 Å². The van der Waals surface area contributed by atoms with Crippen LogP contribution in [0.25, 0.3) is 11.0 Å². The fourth-order valence-corrected chi connectivity index (χ4v) is 4.73. The van der Waals surface area contributed by atoms with Crippen LogP contribution in [-0.4, -0.2) is 59.8 Å². The zero-order chi connectivity index (χ0) is 21.4. The van der Waals surface area contributed by atoms with Crippen molar-refractivity contribution in [3.8, 4) is 0 Å². The molecule has 0 spiro atoms. The zero-order valence-electron chi connectivity index (χ0n) is 18.4. The van der Waals surface area contributed by atoms with E-state index in [1.807, 2.05) is 11.0 Å². The van der Waals surface area contributed by atoms with E-state index in [1.165, 1.54) is 11.1 Å². The number of aromatic nitrogens is 2. The minimum Gasteiger partial charge on any atom is -0.379 e. The Morgan fingerprint density at radius 3 is 2.65 bits per heavy atom. The number of amides is 1. The molecule has 2 fully saturated rings. The molecule has 5 rings (SSSR count). The van der Waals surface area contributed by atoms with E-state index in [0.717, 1.165) is 61.9 Å². The molecule has 1 atom stereocenters. The molecular weight excluding hydrogens is 388 g/mol. The second kappa shape index (κ2) is 8.44. The van der Waals surface area contributed by atoms with Gasteiger partial charge in [-0.1, -0.05) is 18.2 Å². The fraction of sp³-hybridized carbons (Fsp3) is 0.440. The first-order chi connectivity index (χ1) is 15.1. The molecule has 2 aliphatic heterocycles. The molecule has 6 nitrogen and oxygen atoms in total. The Bertz CT molecular complexity index is 1100. The maximum atomic E-state index is 13.0. The molecule has 0 N–H and O–H groups in total. The largest absolute Gasteiger partial charge is 0.379 e. The lowest BCUT2D eigenvalue weighted by molar-refractivity contribution is -0.117. The average Bonchev–Trinajstić information content (AvgIpc) is 3.35. The van der Waals surface area contributed by atoms with E-state index in [9.17, 15) is 4.79 Å². The summed E-state index contributed by atoms with van der Waals surface area (Å²) in [4.78, 5) is 22.3. The van der Waals surface area contributed by atoms with Crippen molar-refractivity contribution in [2.45, 2.75) is 32.7 Å². The Balaban J connectivity index is 1.42. The van der Waals surface area contributed by atoms with Crippen LogP contribution in [0.5, 0.6) is 0 Å². The van der Waals surface area contributed by atoms with Gasteiger partial charge in [0.05, 0.1) is 24.2 Å². The summed E-state index contributed by atoms with van der Waals surface area (Å²) < 4.78 is 7.83. The van der Waals surface area contributed by atoms with E-state index in [4.69, 9.17) is 9.72 Å². The lowest BCUT2D eigenvalue weighted by Crippen LogP contribution is -2.38. The summed E-state index contributed by atoms with van der Waals surface area (Å²) in [5.41, 5.74) is 5.62. The number of ether oxygens (including phenoxy) is 1. The lowest BCUT2D eigenvalue weighted by Gasteiger charge is -2.27. The summed E-state index contributed by atoms with van der Waals surface area (Å²) in [5, 5.41) is 0. The minimum absolute atomic E-state index is 0.103. The van der Waals surface area contributed by atoms with Gasteiger partial charge in [-0.05, 0) is 49.2 Å². The van der Waals surface area contributed by atoms with Crippen molar-refractivity contribution >= 4 is 22.6 Å². The van der Waals surface area contributed by atoms with E-state index in [-0.39, 0.29) is 11.8 Å². The number of imidazole rings is 1. The molecule has 0 bridgehead atoms. The number of fused-ring (bicyclic) bond motifs is 1. The Kier molecular flexibility index (Phi) is 5.50. The second-order valence-electron chi connectivity index (χ2n) is 8.74. The SMILES string of the molecule is Cc1ccc(N2C[C@@H](c3nc4ccccc4n3CCN3CCOCC3)CC2=O)cc1C. The predicted molar refractivity (Wildman–Crippen MR) is 123 cm³/mol. The molecule has 0 radical (unpaired) electrons. The topological polar surface area (TPSA) is 50.6 Å². The van der Waals surface area contributed by atoms with Crippen molar-refractivity contribution in [2.75, 3.05) is 44.3 Å². The highest BCUT2D eigenvalue weighted by molar-refractivity contribution is 5.96. The normalized spacial score (nSPS) is 20.1. The van der Waals surface area contributed by atoms with Gasteiger partial charge in [0.25, 0.3) is 0 Å². The van der Waals surface area contributed by atoms with Gasteiger partial charge in [0.15, 0.2) is 0 Å². The quantitative estimate of drug-likeness (QED) is 0.636. The van der Waals surface area contributed by atoms with Crippen LogP contribution in [0.2, 0.25) is 0 Å².